The number of alkyl halides is 3. The highest BCUT2D eigenvalue weighted by molar-refractivity contribution is 6.30. The third-order valence-corrected chi connectivity index (χ3v) is 3.80. The number of nitrogens with one attached hydrogen (secondary N) is 1. The van der Waals surface area contributed by atoms with Gasteiger partial charge in [-0.05, 0) is 31.2 Å². The summed E-state index contributed by atoms with van der Waals surface area (Å²) in [6.45, 7) is 0.910. The van der Waals surface area contributed by atoms with Crippen LogP contribution >= 0.6 is 11.6 Å². The molecule has 0 aliphatic heterocycles. The van der Waals surface area contributed by atoms with Crippen LogP contribution in [0.4, 0.5) is 18.9 Å². The van der Waals surface area contributed by atoms with Crippen molar-refractivity contribution < 1.29 is 22.7 Å². The number of benzene rings is 1. The fourth-order valence-electron chi connectivity index (χ4n) is 2.43. The van der Waals surface area contributed by atoms with E-state index >= 15 is 0 Å². The lowest BCUT2D eigenvalue weighted by molar-refractivity contribution is -0.144. The zero-order chi connectivity index (χ0) is 20.3. The Morgan fingerprint density at radius 3 is 2.82 bits per heavy atom. The molecule has 1 aromatic carbocycles. The number of halogens is 4. The molecule has 7 nitrogen and oxygen atoms in total. The highest BCUT2D eigenvalue weighted by atomic mass is 35.5. The Kier molecular flexibility index (Phi) is 5.59. The summed E-state index contributed by atoms with van der Waals surface area (Å²) in [4.78, 5) is 12.1. The Balaban J connectivity index is 1.58. The van der Waals surface area contributed by atoms with Crippen LogP contribution in [0.5, 0.6) is 5.75 Å². The van der Waals surface area contributed by atoms with Crippen molar-refractivity contribution in [2.75, 3.05) is 5.32 Å². The first-order chi connectivity index (χ1) is 13.2. The number of hydrogen-bond donors (Lipinski definition) is 1. The number of rotatable bonds is 6. The second-order valence-electron chi connectivity index (χ2n) is 5.87. The Morgan fingerprint density at radius 1 is 1.32 bits per heavy atom. The molecule has 3 aromatic rings. The van der Waals surface area contributed by atoms with E-state index in [1.54, 1.807) is 24.3 Å². The zero-order valence-corrected chi connectivity index (χ0v) is 15.3. The number of aromatic nitrogens is 4. The van der Waals surface area contributed by atoms with Crippen molar-refractivity contribution in [3.05, 3.63) is 59.1 Å². The largest absolute Gasteiger partial charge is 0.471 e. The van der Waals surface area contributed by atoms with E-state index in [1.165, 1.54) is 24.0 Å². The van der Waals surface area contributed by atoms with Crippen LogP contribution in [0.3, 0.4) is 0 Å². The standard InChI is InChI=1S/C17H15ClF3N5O2/c1-11-5-15(17(19,20)21)26(24-11)9-16(27)23-13-7-22-25(8-13)10-28-14-4-2-3-12(18)6-14/h2-8H,9-10H2,1H3,(H,23,27). The summed E-state index contributed by atoms with van der Waals surface area (Å²) in [5.41, 5.74) is -0.492. The third-order valence-electron chi connectivity index (χ3n) is 3.56. The maximum Gasteiger partial charge on any atom is 0.433 e. The van der Waals surface area contributed by atoms with Crippen molar-refractivity contribution in [3.63, 3.8) is 0 Å². The van der Waals surface area contributed by atoms with Crippen molar-refractivity contribution in [2.24, 2.45) is 0 Å². The van der Waals surface area contributed by atoms with Gasteiger partial charge in [0.25, 0.3) is 0 Å². The van der Waals surface area contributed by atoms with E-state index in [9.17, 15) is 18.0 Å². The summed E-state index contributed by atoms with van der Waals surface area (Å²) in [6.07, 6.45) is -1.75. The first-order valence-electron chi connectivity index (χ1n) is 8.03. The number of nitrogens with zero attached hydrogens (tertiary/aromatic N) is 4. The average Bonchev–Trinajstić information content (AvgIpc) is 3.19. The van der Waals surface area contributed by atoms with E-state index in [0.29, 0.717) is 21.1 Å². The number of hydrogen-bond acceptors (Lipinski definition) is 4. The topological polar surface area (TPSA) is 74.0 Å². The molecule has 0 bridgehead atoms. The SMILES string of the molecule is Cc1cc(C(F)(F)F)n(CC(=O)Nc2cnn(COc3cccc(Cl)c3)c2)n1. The first kappa shape index (κ1) is 19.7. The lowest BCUT2D eigenvalue weighted by atomic mass is 10.3. The molecule has 0 radical (unpaired) electrons. The van der Waals surface area contributed by atoms with Gasteiger partial charge in [-0.1, -0.05) is 17.7 Å². The first-order valence-corrected chi connectivity index (χ1v) is 8.41. The normalized spacial score (nSPS) is 11.5. The Morgan fingerprint density at radius 2 is 2.11 bits per heavy atom. The summed E-state index contributed by atoms with van der Waals surface area (Å²) in [5, 5.41) is 10.7. The van der Waals surface area contributed by atoms with Crippen LogP contribution in [0, 0.1) is 6.92 Å². The van der Waals surface area contributed by atoms with E-state index in [4.69, 9.17) is 16.3 Å². The van der Waals surface area contributed by atoms with Crippen LogP contribution in [0.1, 0.15) is 11.4 Å². The van der Waals surface area contributed by atoms with Gasteiger partial charge in [0.05, 0.1) is 23.8 Å². The van der Waals surface area contributed by atoms with Gasteiger partial charge >= 0.3 is 6.18 Å². The number of carbonyl (C=O) groups excluding carboxylic acids is 1. The van der Waals surface area contributed by atoms with Crippen LogP contribution in [0.15, 0.2) is 42.7 Å². The smallest absolute Gasteiger partial charge is 0.433 e. The number of anilines is 1. The van der Waals surface area contributed by atoms with Crippen molar-refractivity contribution >= 4 is 23.2 Å². The molecule has 0 unspecified atom stereocenters. The molecule has 0 aliphatic rings. The van der Waals surface area contributed by atoms with E-state index < -0.39 is 24.3 Å². The quantitative estimate of drug-likeness (QED) is 0.668. The summed E-state index contributed by atoms with van der Waals surface area (Å²) < 4.78 is 46.4. The van der Waals surface area contributed by atoms with Gasteiger partial charge in [0, 0.05) is 5.02 Å². The molecule has 3 rings (SSSR count). The summed E-state index contributed by atoms with van der Waals surface area (Å²) in [6, 6.07) is 7.69. The van der Waals surface area contributed by atoms with Gasteiger partial charge in [-0.25, -0.2) is 4.68 Å². The molecule has 28 heavy (non-hydrogen) atoms. The van der Waals surface area contributed by atoms with Gasteiger partial charge in [0.15, 0.2) is 6.73 Å². The van der Waals surface area contributed by atoms with Gasteiger partial charge in [0.1, 0.15) is 18.0 Å². The molecular weight excluding hydrogens is 399 g/mol. The molecule has 1 N–H and O–H groups in total. The van der Waals surface area contributed by atoms with Crippen molar-refractivity contribution in [2.45, 2.75) is 26.4 Å². The second kappa shape index (κ2) is 7.93. The van der Waals surface area contributed by atoms with E-state index in [0.717, 1.165) is 6.07 Å². The molecule has 0 aliphatic carbocycles. The van der Waals surface area contributed by atoms with Crippen molar-refractivity contribution in [1.82, 2.24) is 19.6 Å². The Hall–Kier alpha value is -3.01. The second-order valence-corrected chi connectivity index (χ2v) is 6.31. The third kappa shape index (κ3) is 5.03. The van der Waals surface area contributed by atoms with Gasteiger partial charge in [-0.3, -0.25) is 9.48 Å². The molecule has 0 spiro atoms. The summed E-state index contributed by atoms with van der Waals surface area (Å²) >= 11 is 5.87. The zero-order valence-electron chi connectivity index (χ0n) is 14.6. The van der Waals surface area contributed by atoms with Crippen LogP contribution in [0.25, 0.3) is 0 Å². The molecule has 2 aromatic heterocycles. The maximum atomic E-state index is 13.0. The number of ether oxygens (including phenoxy) is 1. The highest BCUT2D eigenvalue weighted by Crippen LogP contribution is 2.29. The molecule has 0 atom stereocenters. The lowest BCUT2D eigenvalue weighted by Gasteiger charge is -2.10. The molecule has 2 heterocycles. The average molecular weight is 414 g/mol. The maximum absolute atomic E-state index is 13.0. The van der Waals surface area contributed by atoms with Gasteiger partial charge in [-0.2, -0.15) is 23.4 Å². The van der Waals surface area contributed by atoms with Gasteiger partial charge in [-0.15, -0.1) is 0 Å². The van der Waals surface area contributed by atoms with Crippen molar-refractivity contribution in [3.8, 4) is 5.75 Å². The summed E-state index contributed by atoms with van der Waals surface area (Å²) in [7, 11) is 0. The molecule has 0 fully saturated rings. The van der Waals surface area contributed by atoms with Crippen molar-refractivity contribution in [1.29, 1.82) is 0 Å². The fraction of sp³-hybridized carbons (Fsp3) is 0.235. The minimum absolute atomic E-state index is 0.0623. The minimum atomic E-state index is -4.59. The van der Waals surface area contributed by atoms with Gasteiger partial charge in [0.2, 0.25) is 5.91 Å². The van der Waals surface area contributed by atoms with Crippen LogP contribution in [-0.4, -0.2) is 25.5 Å². The monoisotopic (exact) mass is 413 g/mol. The van der Waals surface area contributed by atoms with Crippen LogP contribution in [-0.2, 0) is 24.2 Å². The fourth-order valence-corrected chi connectivity index (χ4v) is 2.61. The van der Waals surface area contributed by atoms with Crippen LogP contribution < -0.4 is 10.1 Å². The van der Waals surface area contributed by atoms with E-state index in [1.807, 2.05) is 0 Å². The molecule has 1 amide bonds. The van der Waals surface area contributed by atoms with E-state index in [2.05, 4.69) is 15.5 Å². The number of carbonyl (C=O) groups is 1. The molecule has 11 heteroatoms. The number of aryl methyl sites for hydroxylation is 1. The molecule has 0 saturated carbocycles. The predicted octanol–water partition coefficient (Wildman–Crippen LogP) is 3.74. The molecular formula is C17H15ClF3N5O2. The lowest BCUT2D eigenvalue weighted by Crippen LogP contribution is -2.23. The highest BCUT2D eigenvalue weighted by Gasteiger charge is 2.35. The Labute approximate surface area is 162 Å². The molecule has 0 saturated heterocycles. The van der Waals surface area contributed by atoms with Crippen LogP contribution in [0.2, 0.25) is 5.02 Å². The molecule has 148 valence electrons. The van der Waals surface area contributed by atoms with E-state index in [-0.39, 0.29) is 12.4 Å². The number of amides is 1. The Bertz CT molecular complexity index is 983. The predicted molar refractivity (Wildman–Crippen MR) is 94.9 cm³/mol. The van der Waals surface area contributed by atoms with Gasteiger partial charge < -0.3 is 10.1 Å². The summed E-state index contributed by atoms with van der Waals surface area (Å²) in [5.74, 6) is -0.119. The minimum Gasteiger partial charge on any atom is -0.471 e.